The molecule has 3 aliphatic rings. The van der Waals surface area contributed by atoms with Crippen LogP contribution in [0.15, 0.2) is 48.5 Å². The van der Waals surface area contributed by atoms with Gasteiger partial charge in [0.1, 0.15) is 6.04 Å². The molecule has 0 spiro atoms. The second-order valence-electron chi connectivity index (χ2n) is 11.9. The number of ether oxygens (including phenoxy) is 1. The quantitative estimate of drug-likeness (QED) is 0.392. The molecule has 1 saturated carbocycles. The van der Waals surface area contributed by atoms with E-state index in [0.29, 0.717) is 16.0 Å². The lowest BCUT2D eigenvalue weighted by Gasteiger charge is -2.41. The number of imide groups is 1. The number of rotatable bonds is 4. The van der Waals surface area contributed by atoms with Gasteiger partial charge in [-0.3, -0.25) is 24.6 Å². The van der Waals surface area contributed by atoms with Crippen LogP contribution in [-0.4, -0.2) is 41.9 Å². The molecule has 0 radical (unpaired) electrons. The minimum absolute atomic E-state index is 0.175. The average Bonchev–Trinajstić information content (AvgIpc) is 3.38. The number of nitrogens with one attached hydrogen (secondary N) is 1. The third-order valence-corrected chi connectivity index (χ3v) is 9.44. The minimum Gasteiger partial charge on any atom is -0.468 e. The Bertz CT molecular complexity index is 1180. The lowest BCUT2D eigenvalue weighted by atomic mass is 9.71. The maximum Gasteiger partial charge on any atom is 0.323 e. The van der Waals surface area contributed by atoms with E-state index in [0.717, 1.165) is 36.8 Å². The van der Waals surface area contributed by atoms with Gasteiger partial charge in [0, 0.05) is 16.1 Å². The van der Waals surface area contributed by atoms with Gasteiger partial charge in [-0.1, -0.05) is 68.2 Å². The number of fused-ring (bicyclic) bond motifs is 1. The van der Waals surface area contributed by atoms with Crippen LogP contribution in [0.1, 0.15) is 57.6 Å². The highest BCUT2D eigenvalue weighted by Gasteiger charge is 2.68. The second-order valence-corrected chi connectivity index (χ2v) is 12.8. The molecule has 6 nitrogen and oxygen atoms in total. The number of nitrogens with zero attached hydrogens (tertiary/aromatic N) is 1. The van der Waals surface area contributed by atoms with E-state index < -0.39 is 29.4 Å². The summed E-state index contributed by atoms with van der Waals surface area (Å²) < 4.78 is 5.14. The minimum atomic E-state index is -1.15. The highest BCUT2D eigenvalue weighted by Crippen LogP contribution is 2.53. The molecule has 3 fully saturated rings. The Morgan fingerprint density at radius 3 is 1.84 bits per heavy atom. The molecule has 2 aromatic carbocycles. The Morgan fingerprint density at radius 1 is 0.895 bits per heavy atom. The fraction of sp³-hybridized carbons (Fsp3) is 0.500. The third-order valence-electron chi connectivity index (χ3n) is 8.93. The van der Waals surface area contributed by atoms with Gasteiger partial charge in [0.15, 0.2) is 0 Å². The van der Waals surface area contributed by atoms with Crippen LogP contribution in [-0.2, 0) is 24.7 Å². The SMILES string of the molecule is COC(=O)[C@@H]1NC(c2ccc(Cl)cc2)(c2ccc(Cl)cc2)[C@H]2C(=O)N(C3CCC(C(C)(C)C)CC3)C(=O)[C@H]12. The number of methoxy groups -OCH3 is 1. The lowest BCUT2D eigenvalue weighted by molar-refractivity contribution is -0.150. The van der Waals surface area contributed by atoms with Crippen molar-refractivity contribution in [2.45, 2.75) is 64.1 Å². The lowest BCUT2D eigenvalue weighted by Crippen LogP contribution is -2.53. The summed E-state index contributed by atoms with van der Waals surface area (Å²) in [6, 6.07) is 13.2. The van der Waals surface area contributed by atoms with Crippen LogP contribution in [0.2, 0.25) is 10.0 Å². The zero-order valence-corrected chi connectivity index (χ0v) is 23.7. The Hall–Kier alpha value is -2.41. The zero-order valence-electron chi connectivity index (χ0n) is 22.2. The molecule has 2 aromatic rings. The van der Waals surface area contributed by atoms with Crippen LogP contribution in [0.4, 0.5) is 0 Å². The number of likely N-dealkylation sites (tertiary alicyclic amines) is 1. The molecule has 202 valence electrons. The number of esters is 1. The van der Waals surface area contributed by atoms with E-state index in [4.69, 9.17) is 27.9 Å². The summed E-state index contributed by atoms with van der Waals surface area (Å²) >= 11 is 12.4. The van der Waals surface area contributed by atoms with Crippen LogP contribution in [0, 0.1) is 23.2 Å². The summed E-state index contributed by atoms with van der Waals surface area (Å²) in [6.07, 6.45) is 3.45. The highest BCUT2D eigenvalue weighted by molar-refractivity contribution is 6.30. The van der Waals surface area contributed by atoms with Gasteiger partial charge >= 0.3 is 5.97 Å². The molecule has 38 heavy (non-hydrogen) atoms. The zero-order chi connectivity index (χ0) is 27.4. The average molecular weight is 558 g/mol. The van der Waals surface area contributed by atoms with E-state index in [-0.39, 0.29) is 23.3 Å². The van der Waals surface area contributed by atoms with Gasteiger partial charge < -0.3 is 4.74 Å². The molecule has 0 aromatic heterocycles. The van der Waals surface area contributed by atoms with Gasteiger partial charge in [0.25, 0.3) is 0 Å². The van der Waals surface area contributed by atoms with Crippen LogP contribution in [0.25, 0.3) is 0 Å². The van der Waals surface area contributed by atoms with E-state index in [2.05, 4.69) is 26.1 Å². The van der Waals surface area contributed by atoms with E-state index in [1.165, 1.54) is 12.0 Å². The normalized spacial score (nSPS) is 28.9. The summed E-state index contributed by atoms with van der Waals surface area (Å²) in [4.78, 5) is 43.0. The standard InChI is InChI=1S/C30H34Cl2N2O4/c1-29(2,3)17-9-15-22(16-10-17)34-26(35)23-24(27(34)36)30(33-25(23)28(37)38-4,18-5-11-20(31)12-6-18)19-7-13-21(32)14-8-19/h5-8,11-14,17,22-25,33H,9-10,15-16H2,1-4H3/t17?,22?,23-,24+,25+/m0/s1. The Morgan fingerprint density at radius 2 is 1.39 bits per heavy atom. The van der Waals surface area contributed by atoms with Crippen molar-refractivity contribution in [2.24, 2.45) is 23.2 Å². The van der Waals surface area contributed by atoms with Crippen molar-refractivity contribution >= 4 is 41.0 Å². The van der Waals surface area contributed by atoms with Crippen molar-refractivity contribution in [3.05, 3.63) is 69.7 Å². The summed E-state index contributed by atoms with van der Waals surface area (Å²) in [6.45, 7) is 6.73. The highest BCUT2D eigenvalue weighted by atomic mass is 35.5. The van der Waals surface area contributed by atoms with Crippen molar-refractivity contribution in [1.82, 2.24) is 10.2 Å². The largest absolute Gasteiger partial charge is 0.468 e. The Labute approximate surface area is 234 Å². The molecular formula is C30H34Cl2N2O4. The molecule has 0 unspecified atom stereocenters. The fourth-order valence-corrected chi connectivity index (χ4v) is 7.19. The first-order valence-electron chi connectivity index (χ1n) is 13.2. The van der Waals surface area contributed by atoms with Crippen LogP contribution in [0.3, 0.4) is 0 Å². The van der Waals surface area contributed by atoms with E-state index >= 15 is 0 Å². The molecule has 3 atom stereocenters. The van der Waals surface area contributed by atoms with Crippen LogP contribution in [0.5, 0.6) is 0 Å². The van der Waals surface area contributed by atoms with Crippen molar-refractivity contribution < 1.29 is 19.1 Å². The maximum atomic E-state index is 14.4. The number of halogens is 2. The van der Waals surface area contributed by atoms with Gasteiger partial charge in [-0.2, -0.15) is 0 Å². The third kappa shape index (κ3) is 4.35. The second kappa shape index (κ2) is 9.96. The monoisotopic (exact) mass is 556 g/mol. The van der Waals surface area contributed by atoms with Gasteiger partial charge in [-0.05, 0) is 72.4 Å². The number of carbonyl (C=O) groups is 3. The summed E-state index contributed by atoms with van der Waals surface area (Å²) in [5.74, 6) is -2.29. The predicted octanol–water partition coefficient (Wildman–Crippen LogP) is 5.59. The smallest absolute Gasteiger partial charge is 0.323 e. The summed E-state index contributed by atoms with van der Waals surface area (Å²) in [5.41, 5.74) is 0.511. The molecule has 2 aliphatic heterocycles. The number of hydrogen-bond acceptors (Lipinski definition) is 5. The topological polar surface area (TPSA) is 75.7 Å². The molecule has 1 aliphatic carbocycles. The molecule has 2 saturated heterocycles. The maximum absolute atomic E-state index is 14.4. The van der Waals surface area contributed by atoms with Crippen molar-refractivity contribution in [3.8, 4) is 0 Å². The van der Waals surface area contributed by atoms with Crippen molar-refractivity contribution in [2.75, 3.05) is 7.11 Å². The molecule has 2 heterocycles. The summed E-state index contributed by atoms with van der Waals surface area (Å²) in [5, 5.41) is 4.50. The number of carbonyl (C=O) groups excluding carboxylic acids is 3. The first-order chi connectivity index (χ1) is 18.0. The fourth-order valence-electron chi connectivity index (χ4n) is 6.94. The van der Waals surface area contributed by atoms with Crippen molar-refractivity contribution in [3.63, 3.8) is 0 Å². The first kappa shape index (κ1) is 27.2. The molecule has 2 amide bonds. The molecule has 5 rings (SSSR count). The van der Waals surface area contributed by atoms with Gasteiger partial charge in [-0.25, -0.2) is 0 Å². The molecule has 1 N–H and O–H groups in total. The number of hydrogen-bond donors (Lipinski definition) is 1. The molecule has 8 heteroatoms. The van der Waals surface area contributed by atoms with Gasteiger partial charge in [0.2, 0.25) is 11.8 Å². The van der Waals surface area contributed by atoms with E-state index in [1.54, 1.807) is 24.3 Å². The van der Waals surface area contributed by atoms with E-state index in [9.17, 15) is 14.4 Å². The Kier molecular flexibility index (Phi) is 7.12. The van der Waals surface area contributed by atoms with E-state index in [1.807, 2.05) is 24.3 Å². The number of benzene rings is 2. The van der Waals surface area contributed by atoms with Crippen LogP contribution >= 0.6 is 23.2 Å². The van der Waals surface area contributed by atoms with Crippen LogP contribution < -0.4 is 5.32 Å². The van der Waals surface area contributed by atoms with Gasteiger partial charge in [0.05, 0.1) is 24.5 Å². The molecule has 0 bridgehead atoms. The number of amides is 2. The predicted molar refractivity (Wildman–Crippen MR) is 147 cm³/mol. The summed E-state index contributed by atoms with van der Waals surface area (Å²) in [7, 11) is 1.30. The van der Waals surface area contributed by atoms with Gasteiger partial charge in [-0.15, -0.1) is 0 Å². The van der Waals surface area contributed by atoms with Crippen molar-refractivity contribution in [1.29, 1.82) is 0 Å². The Balaban J connectivity index is 1.62. The molecular weight excluding hydrogens is 523 g/mol. The first-order valence-corrected chi connectivity index (χ1v) is 14.0.